The van der Waals surface area contributed by atoms with Crippen molar-refractivity contribution in [3.8, 4) is 0 Å². The van der Waals surface area contributed by atoms with Crippen LogP contribution >= 0.6 is 0 Å². The smallest absolute Gasteiger partial charge is 0.249 e. The number of carbonyl (C=O) groups excluding carboxylic acids is 1. The van der Waals surface area contributed by atoms with Crippen molar-refractivity contribution in [3.05, 3.63) is 35.4 Å². The van der Waals surface area contributed by atoms with Gasteiger partial charge in [0.25, 0.3) is 0 Å². The Balaban J connectivity index is 1.96. The summed E-state index contributed by atoms with van der Waals surface area (Å²) in [5.74, 6) is 0.209. The van der Waals surface area contributed by atoms with Gasteiger partial charge >= 0.3 is 0 Å². The van der Waals surface area contributed by atoms with Crippen LogP contribution in [0.25, 0.3) is 0 Å². The van der Waals surface area contributed by atoms with Gasteiger partial charge in [-0.1, -0.05) is 42.7 Å². The quantitative estimate of drug-likeness (QED) is 0.760. The molecule has 1 fully saturated rings. The van der Waals surface area contributed by atoms with Crippen molar-refractivity contribution < 1.29 is 4.79 Å². The van der Waals surface area contributed by atoms with E-state index in [9.17, 15) is 4.79 Å². The van der Waals surface area contributed by atoms with Crippen molar-refractivity contribution in [1.82, 2.24) is 5.01 Å². The number of hydrazone groups is 1. The monoisotopic (exact) mass is 256 g/mol. The van der Waals surface area contributed by atoms with Crippen LogP contribution in [0.5, 0.6) is 0 Å². The lowest BCUT2D eigenvalue weighted by Crippen LogP contribution is -2.44. The lowest BCUT2D eigenvalue weighted by molar-refractivity contribution is -0.141. The topological polar surface area (TPSA) is 32.7 Å². The summed E-state index contributed by atoms with van der Waals surface area (Å²) in [6, 6.07) is 8.44. The minimum atomic E-state index is -0.170. The van der Waals surface area contributed by atoms with Gasteiger partial charge in [0.05, 0.1) is 11.1 Å². The van der Waals surface area contributed by atoms with Crippen molar-refractivity contribution >= 4 is 11.6 Å². The molecule has 0 unspecified atom stereocenters. The zero-order valence-corrected chi connectivity index (χ0v) is 11.6. The average molecular weight is 256 g/mol. The van der Waals surface area contributed by atoms with E-state index in [2.05, 4.69) is 36.3 Å². The molecule has 19 heavy (non-hydrogen) atoms. The number of carbonyl (C=O) groups is 1. The van der Waals surface area contributed by atoms with Gasteiger partial charge in [0, 0.05) is 13.5 Å². The first-order chi connectivity index (χ1) is 9.11. The maximum Gasteiger partial charge on any atom is 0.249 e. The number of amides is 1. The molecule has 3 rings (SSSR count). The summed E-state index contributed by atoms with van der Waals surface area (Å²) in [5, 5.41) is 6.04. The van der Waals surface area contributed by atoms with Gasteiger partial charge in [-0.15, -0.1) is 0 Å². The van der Waals surface area contributed by atoms with E-state index in [1.54, 1.807) is 12.1 Å². The van der Waals surface area contributed by atoms with Gasteiger partial charge in [-0.2, -0.15) is 5.10 Å². The molecule has 3 nitrogen and oxygen atoms in total. The summed E-state index contributed by atoms with van der Waals surface area (Å²) in [4.78, 5) is 12.4. The average Bonchev–Trinajstić information content (AvgIpc) is 2.86. The second-order valence-electron chi connectivity index (χ2n) is 5.91. The SMILES string of the molecule is Cc1ccc(C2=NN(C)C(=O)C3(CCCC3)C2)cc1. The van der Waals surface area contributed by atoms with E-state index in [1.165, 1.54) is 18.4 Å². The lowest BCUT2D eigenvalue weighted by atomic mass is 9.77. The molecule has 1 aliphatic heterocycles. The molecule has 0 saturated heterocycles. The van der Waals surface area contributed by atoms with E-state index < -0.39 is 0 Å². The normalized spacial score (nSPS) is 21.9. The van der Waals surface area contributed by atoms with Crippen LogP contribution in [-0.4, -0.2) is 23.7 Å². The Morgan fingerprint density at radius 3 is 2.42 bits per heavy atom. The lowest BCUT2D eigenvalue weighted by Gasteiger charge is -2.35. The van der Waals surface area contributed by atoms with Crippen LogP contribution in [-0.2, 0) is 4.79 Å². The molecule has 0 N–H and O–H groups in total. The van der Waals surface area contributed by atoms with Gasteiger partial charge < -0.3 is 0 Å². The van der Waals surface area contributed by atoms with E-state index in [-0.39, 0.29) is 11.3 Å². The van der Waals surface area contributed by atoms with Crippen LogP contribution in [0.2, 0.25) is 0 Å². The second kappa shape index (κ2) is 4.48. The molecule has 1 aliphatic carbocycles. The van der Waals surface area contributed by atoms with Crippen LogP contribution in [0.15, 0.2) is 29.4 Å². The third kappa shape index (κ3) is 2.07. The fourth-order valence-corrected chi connectivity index (χ4v) is 3.35. The molecular formula is C16H20N2O. The van der Waals surface area contributed by atoms with Gasteiger partial charge in [-0.25, -0.2) is 5.01 Å². The van der Waals surface area contributed by atoms with Crippen molar-refractivity contribution in [2.45, 2.75) is 39.0 Å². The summed E-state index contributed by atoms with van der Waals surface area (Å²) in [7, 11) is 1.79. The highest BCUT2D eigenvalue weighted by Gasteiger charge is 2.46. The number of rotatable bonds is 1. The van der Waals surface area contributed by atoms with E-state index in [4.69, 9.17) is 0 Å². The van der Waals surface area contributed by atoms with Crippen molar-refractivity contribution in [2.75, 3.05) is 7.05 Å². The summed E-state index contributed by atoms with van der Waals surface area (Å²) in [6.07, 6.45) is 5.17. The predicted molar refractivity (Wildman–Crippen MR) is 76.0 cm³/mol. The van der Waals surface area contributed by atoms with Crippen molar-refractivity contribution in [1.29, 1.82) is 0 Å². The van der Waals surface area contributed by atoms with Gasteiger partial charge in [0.1, 0.15) is 0 Å². The second-order valence-corrected chi connectivity index (χ2v) is 5.91. The van der Waals surface area contributed by atoms with Crippen LogP contribution in [0.3, 0.4) is 0 Å². The molecule has 100 valence electrons. The summed E-state index contributed by atoms with van der Waals surface area (Å²) in [6.45, 7) is 2.08. The first kappa shape index (κ1) is 12.4. The van der Waals surface area contributed by atoms with E-state index in [0.717, 1.165) is 30.5 Å². The standard InChI is InChI=1S/C16H20N2O/c1-12-5-7-13(8-6-12)14-11-16(9-3-4-10-16)15(19)18(2)17-14/h5-8H,3-4,9-11H2,1-2H3. The molecule has 0 bridgehead atoms. The van der Waals surface area contributed by atoms with E-state index >= 15 is 0 Å². The highest BCUT2D eigenvalue weighted by molar-refractivity contribution is 6.06. The Kier molecular flexibility index (Phi) is 2.92. The molecule has 0 atom stereocenters. The van der Waals surface area contributed by atoms with Gasteiger partial charge in [-0.3, -0.25) is 4.79 Å². The zero-order valence-electron chi connectivity index (χ0n) is 11.6. The molecular weight excluding hydrogens is 236 g/mol. The van der Waals surface area contributed by atoms with Gasteiger partial charge in [0.15, 0.2) is 0 Å². The van der Waals surface area contributed by atoms with E-state index in [0.29, 0.717) is 0 Å². The first-order valence-corrected chi connectivity index (χ1v) is 7.03. The predicted octanol–water partition coefficient (Wildman–Crippen LogP) is 3.12. The Hall–Kier alpha value is -1.64. The summed E-state index contributed by atoms with van der Waals surface area (Å²) < 4.78 is 0. The number of benzene rings is 1. The molecule has 1 spiro atoms. The van der Waals surface area contributed by atoms with Crippen LogP contribution < -0.4 is 0 Å². The van der Waals surface area contributed by atoms with Crippen LogP contribution in [0.4, 0.5) is 0 Å². The van der Waals surface area contributed by atoms with Gasteiger partial charge in [-0.05, 0) is 25.3 Å². The largest absolute Gasteiger partial charge is 0.272 e. The molecule has 1 aromatic rings. The first-order valence-electron chi connectivity index (χ1n) is 7.03. The maximum absolute atomic E-state index is 12.4. The molecule has 1 aromatic carbocycles. The van der Waals surface area contributed by atoms with E-state index in [1.807, 2.05) is 0 Å². The maximum atomic E-state index is 12.4. The third-order valence-electron chi connectivity index (χ3n) is 4.47. The highest BCUT2D eigenvalue weighted by Crippen LogP contribution is 2.45. The van der Waals surface area contributed by atoms with Crippen LogP contribution in [0, 0.1) is 12.3 Å². The number of hydrogen-bond acceptors (Lipinski definition) is 2. The Morgan fingerprint density at radius 1 is 1.16 bits per heavy atom. The van der Waals surface area contributed by atoms with Crippen molar-refractivity contribution in [3.63, 3.8) is 0 Å². The van der Waals surface area contributed by atoms with Gasteiger partial charge in [0.2, 0.25) is 5.91 Å². The Morgan fingerprint density at radius 2 is 1.79 bits per heavy atom. The molecule has 1 saturated carbocycles. The molecule has 2 aliphatic rings. The zero-order chi connectivity index (χ0) is 13.5. The highest BCUT2D eigenvalue weighted by atomic mass is 16.2. The molecule has 0 radical (unpaired) electrons. The molecule has 1 amide bonds. The molecule has 1 heterocycles. The summed E-state index contributed by atoms with van der Waals surface area (Å²) >= 11 is 0. The number of hydrogen-bond donors (Lipinski definition) is 0. The number of nitrogens with zero attached hydrogens (tertiary/aromatic N) is 2. The minimum absolute atomic E-state index is 0.170. The summed E-state index contributed by atoms with van der Waals surface area (Å²) in [5.41, 5.74) is 3.29. The minimum Gasteiger partial charge on any atom is -0.272 e. The Bertz CT molecular complexity index is 524. The fraction of sp³-hybridized carbons (Fsp3) is 0.500. The Labute approximate surface area is 114 Å². The third-order valence-corrected chi connectivity index (χ3v) is 4.47. The molecule has 0 aromatic heterocycles. The fourth-order valence-electron chi connectivity index (χ4n) is 3.35. The van der Waals surface area contributed by atoms with Crippen LogP contribution in [0.1, 0.15) is 43.2 Å². The number of aryl methyl sites for hydroxylation is 1. The van der Waals surface area contributed by atoms with Crippen molar-refractivity contribution in [2.24, 2.45) is 10.5 Å². The molecule has 3 heteroatoms.